The molecule has 0 fully saturated rings. The van der Waals surface area contributed by atoms with Crippen LogP contribution in [0.1, 0.15) is 17.4 Å². The molecule has 0 aliphatic carbocycles. The highest BCUT2D eigenvalue weighted by Gasteiger charge is 2.28. The Bertz CT molecular complexity index is 1320. The van der Waals surface area contributed by atoms with Crippen molar-refractivity contribution in [3.63, 3.8) is 0 Å². The van der Waals surface area contributed by atoms with Gasteiger partial charge >= 0.3 is 16.1 Å². The number of halogens is 2. The summed E-state index contributed by atoms with van der Waals surface area (Å²) in [7, 11) is -3.36. The van der Waals surface area contributed by atoms with Gasteiger partial charge in [-0.05, 0) is 49.4 Å². The van der Waals surface area contributed by atoms with E-state index in [2.05, 4.69) is 5.10 Å². The summed E-state index contributed by atoms with van der Waals surface area (Å²) in [5.41, 5.74) is -1.29. The third-order valence-electron chi connectivity index (χ3n) is 4.03. The molecule has 0 saturated heterocycles. The van der Waals surface area contributed by atoms with Gasteiger partial charge in [-0.15, -0.1) is 0 Å². The smallest absolute Gasteiger partial charge is 0.362 e. The quantitative estimate of drug-likeness (QED) is 0.373. The molecule has 0 atom stereocenters. The number of rotatable bonds is 7. The highest BCUT2D eigenvalue weighted by Crippen LogP contribution is 2.30. The van der Waals surface area contributed by atoms with Gasteiger partial charge in [0.25, 0.3) is 5.56 Å². The number of ether oxygens (including phenoxy) is 2. The van der Waals surface area contributed by atoms with Crippen LogP contribution < -0.4 is 14.5 Å². The molecule has 0 N–H and O–H groups in total. The first-order chi connectivity index (χ1) is 15.2. The predicted molar refractivity (Wildman–Crippen MR) is 112 cm³/mol. The average molecular weight is 483 g/mol. The molecule has 1 aromatic heterocycles. The number of hydrogen-bond acceptors (Lipinski definition) is 8. The molecular formula is C20H16ClFN2O7S. The zero-order chi connectivity index (χ0) is 23.5. The van der Waals surface area contributed by atoms with Crippen LogP contribution in [0.2, 0.25) is 5.02 Å². The van der Waals surface area contributed by atoms with Crippen LogP contribution in [-0.2, 0) is 14.9 Å². The Morgan fingerprint density at radius 3 is 2.44 bits per heavy atom. The van der Waals surface area contributed by atoms with Crippen LogP contribution in [0.15, 0.2) is 58.2 Å². The van der Waals surface area contributed by atoms with Crippen LogP contribution >= 0.6 is 11.6 Å². The Kier molecular flexibility index (Phi) is 6.80. The maximum absolute atomic E-state index is 13.2. The molecule has 1 heterocycles. The number of carbonyl (C=O) groups excluding carboxylic acids is 1. The Labute approximate surface area is 187 Å². The minimum Gasteiger partial charge on any atom is -0.495 e. The van der Waals surface area contributed by atoms with E-state index in [0.717, 1.165) is 28.9 Å². The van der Waals surface area contributed by atoms with E-state index in [1.165, 1.54) is 38.3 Å². The molecule has 168 valence electrons. The summed E-state index contributed by atoms with van der Waals surface area (Å²) in [6.45, 7) is 1.48. The Balaban J connectivity index is 2.14. The second-order valence-corrected chi connectivity index (χ2v) is 8.09. The maximum atomic E-state index is 13.2. The van der Waals surface area contributed by atoms with E-state index in [9.17, 15) is 22.4 Å². The maximum Gasteiger partial charge on any atom is 0.362 e. The van der Waals surface area contributed by atoms with Gasteiger partial charge in [0, 0.05) is 5.02 Å². The highest BCUT2D eigenvalue weighted by molar-refractivity contribution is 7.87. The van der Waals surface area contributed by atoms with Gasteiger partial charge in [-0.1, -0.05) is 11.6 Å². The van der Waals surface area contributed by atoms with Gasteiger partial charge in [0.1, 0.15) is 16.5 Å². The van der Waals surface area contributed by atoms with E-state index < -0.39 is 43.8 Å². The van der Waals surface area contributed by atoms with Crippen LogP contribution in [0.4, 0.5) is 4.39 Å². The number of benzene rings is 2. The third-order valence-corrected chi connectivity index (χ3v) is 5.52. The summed E-state index contributed by atoms with van der Waals surface area (Å²) in [4.78, 5) is 24.6. The summed E-state index contributed by atoms with van der Waals surface area (Å²) in [5, 5.41) is 3.98. The van der Waals surface area contributed by atoms with E-state index >= 15 is 0 Å². The first-order valence-corrected chi connectivity index (χ1v) is 10.8. The number of carbonyl (C=O) groups is 1. The molecule has 0 aliphatic heterocycles. The van der Waals surface area contributed by atoms with E-state index in [0.29, 0.717) is 0 Å². The standard InChI is InChI=1S/C20H16ClFN2O7S/c1-3-30-20(26)19-16(11-18(25)24(23-19)14-7-5-13(22)6-8-14)31-32(27,28)17-10-12(21)4-9-15(17)29-2/h4-11H,3H2,1-2H3. The van der Waals surface area contributed by atoms with Gasteiger partial charge in [0.2, 0.25) is 5.69 Å². The Hall–Kier alpha value is -3.44. The molecule has 0 spiro atoms. The second kappa shape index (κ2) is 9.37. The van der Waals surface area contributed by atoms with Gasteiger partial charge in [-0.3, -0.25) is 4.79 Å². The Morgan fingerprint density at radius 2 is 1.81 bits per heavy atom. The molecule has 12 heteroatoms. The first kappa shape index (κ1) is 23.2. The van der Waals surface area contributed by atoms with Gasteiger partial charge in [0.05, 0.1) is 25.5 Å². The summed E-state index contributed by atoms with van der Waals surface area (Å²) >= 11 is 5.89. The van der Waals surface area contributed by atoms with Crippen molar-refractivity contribution in [3.8, 4) is 17.2 Å². The molecule has 0 radical (unpaired) electrons. The monoisotopic (exact) mass is 482 g/mol. The van der Waals surface area contributed by atoms with Crippen molar-refractivity contribution in [2.75, 3.05) is 13.7 Å². The normalized spacial score (nSPS) is 11.1. The minimum atomic E-state index is -4.60. The number of esters is 1. The lowest BCUT2D eigenvalue weighted by molar-refractivity contribution is 0.0515. The molecule has 0 bridgehead atoms. The van der Waals surface area contributed by atoms with E-state index in [1.807, 2.05) is 0 Å². The average Bonchev–Trinajstić information content (AvgIpc) is 2.74. The lowest BCUT2D eigenvalue weighted by Gasteiger charge is -2.14. The lowest BCUT2D eigenvalue weighted by Crippen LogP contribution is -2.26. The molecule has 32 heavy (non-hydrogen) atoms. The first-order valence-electron chi connectivity index (χ1n) is 9.01. The van der Waals surface area contributed by atoms with Crippen molar-refractivity contribution in [2.24, 2.45) is 0 Å². The van der Waals surface area contributed by atoms with Crippen molar-refractivity contribution in [2.45, 2.75) is 11.8 Å². The molecule has 3 rings (SSSR count). The molecule has 2 aromatic carbocycles. The molecule has 9 nitrogen and oxygen atoms in total. The van der Waals surface area contributed by atoms with E-state index in [1.54, 1.807) is 0 Å². The van der Waals surface area contributed by atoms with E-state index in [-0.39, 0.29) is 23.1 Å². The van der Waals surface area contributed by atoms with Crippen molar-refractivity contribution < 1.29 is 31.3 Å². The summed E-state index contributed by atoms with van der Waals surface area (Å²) in [5.74, 6) is -2.31. The third kappa shape index (κ3) is 4.89. The predicted octanol–water partition coefficient (Wildman–Crippen LogP) is 2.98. The molecule has 0 amide bonds. The van der Waals surface area contributed by atoms with Crippen LogP contribution in [0.5, 0.6) is 11.5 Å². The minimum absolute atomic E-state index is 0.0511. The summed E-state index contributed by atoms with van der Waals surface area (Å²) < 4.78 is 54.8. The number of aromatic nitrogens is 2. The van der Waals surface area contributed by atoms with Crippen LogP contribution in [-0.4, -0.2) is 37.9 Å². The fraction of sp³-hybridized carbons (Fsp3) is 0.150. The van der Waals surface area contributed by atoms with Crippen molar-refractivity contribution in [1.29, 1.82) is 0 Å². The van der Waals surface area contributed by atoms with Gasteiger partial charge in [-0.2, -0.15) is 18.2 Å². The van der Waals surface area contributed by atoms with Crippen LogP contribution in [0.25, 0.3) is 5.69 Å². The fourth-order valence-corrected chi connectivity index (χ4v) is 3.98. The number of methoxy groups -OCH3 is 1. The second-order valence-electron chi connectivity index (χ2n) is 6.14. The van der Waals surface area contributed by atoms with Crippen molar-refractivity contribution in [1.82, 2.24) is 9.78 Å². The lowest BCUT2D eigenvalue weighted by atomic mass is 10.3. The SMILES string of the molecule is CCOC(=O)c1nn(-c2ccc(F)cc2)c(=O)cc1OS(=O)(=O)c1cc(Cl)ccc1OC. The Morgan fingerprint density at radius 1 is 1.12 bits per heavy atom. The molecule has 0 aliphatic rings. The largest absolute Gasteiger partial charge is 0.495 e. The molecular weight excluding hydrogens is 467 g/mol. The van der Waals surface area contributed by atoms with Gasteiger partial charge < -0.3 is 13.7 Å². The van der Waals surface area contributed by atoms with E-state index in [4.69, 9.17) is 25.3 Å². The van der Waals surface area contributed by atoms with Crippen molar-refractivity contribution in [3.05, 3.63) is 75.4 Å². The molecule has 3 aromatic rings. The van der Waals surface area contributed by atoms with Crippen LogP contribution in [0, 0.1) is 5.82 Å². The molecule has 0 unspecified atom stereocenters. The molecule has 0 saturated carbocycles. The summed E-state index contributed by atoms with van der Waals surface area (Å²) in [6, 6.07) is 9.27. The van der Waals surface area contributed by atoms with Crippen LogP contribution in [0.3, 0.4) is 0 Å². The van der Waals surface area contributed by atoms with Gasteiger partial charge in [0.15, 0.2) is 5.75 Å². The topological polar surface area (TPSA) is 114 Å². The van der Waals surface area contributed by atoms with Gasteiger partial charge in [-0.25, -0.2) is 9.18 Å². The zero-order valence-corrected chi connectivity index (χ0v) is 18.3. The summed E-state index contributed by atoms with van der Waals surface area (Å²) in [6.07, 6.45) is 0. The highest BCUT2D eigenvalue weighted by atomic mass is 35.5. The zero-order valence-electron chi connectivity index (χ0n) is 16.7. The van der Waals surface area contributed by atoms with Crippen molar-refractivity contribution >= 4 is 27.7 Å². The fourth-order valence-electron chi connectivity index (χ4n) is 2.62. The number of nitrogens with zero attached hydrogens (tertiary/aromatic N) is 2. The number of hydrogen-bond donors (Lipinski definition) is 0.